The monoisotopic (exact) mass is 343 g/mol. The highest BCUT2D eigenvalue weighted by atomic mass is 19.4. The Morgan fingerprint density at radius 2 is 2.12 bits per heavy atom. The summed E-state index contributed by atoms with van der Waals surface area (Å²) in [6.07, 6.45) is -4.28. The van der Waals surface area contributed by atoms with E-state index in [0.717, 1.165) is 6.07 Å². The summed E-state index contributed by atoms with van der Waals surface area (Å²) in [6.45, 7) is 2.28. The molecular formula is C15H13F4N3O2. The second kappa shape index (κ2) is 5.88. The normalized spacial score (nSPS) is 18.2. The van der Waals surface area contributed by atoms with E-state index in [2.05, 4.69) is 10.1 Å². The third-order valence-corrected chi connectivity index (χ3v) is 3.89. The molecule has 1 saturated heterocycles. The molecule has 5 nitrogen and oxygen atoms in total. The van der Waals surface area contributed by atoms with Gasteiger partial charge in [-0.15, -0.1) is 0 Å². The van der Waals surface area contributed by atoms with Gasteiger partial charge < -0.3 is 9.42 Å². The van der Waals surface area contributed by atoms with Crippen molar-refractivity contribution in [3.63, 3.8) is 0 Å². The van der Waals surface area contributed by atoms with Crippen LogP contribution in [0.25, 0.3) is 0 Å². The molecule has 0 saturated carbocycles. The predicted octanol–water partition coefficient (Wildman–Crippen LogP) is 3.17. The fourth-order valence-electron chi connectivity index (χ4n) is 2.68. The number of carbonyl (C=O) groups excluding carboxylic acids is 1. The Labute approximate surface area is 134 Å². The molecule has 0 aliphatic carbocycles. The van der Waals surface area contributed by atoms with Crippen LogP contribution < -0.4 is 0 Å². The number of hydrogen-bond donors (Lipinski definition) is 0. The quantitative estimate of drug-likeness (QED) is 0.786. The summed E-state index contributed by atoms with van der Waals surface area (Å²) in [5.74, 6) is -1.27. The molecule has 0 radical (unpaired) electrons. The van der Waals surface area contributed by atoms with Crippen LogP contribution in [0.15, 0.2) is 22.7 Å². The van der Waals surface area contributed by atoms with Gasteiger partial charge in [-0.3, -0.25) is 4.79 Å². The van der Waals surface area contributed by atoms with Gasteiger partial charge in [0.15, 0.2) is 5.82 Å². The molecule has 1 aromatic carbocycles. The van der Waals surface area contributed by atoms with Gasteiger partial charge in [-0.25, -0.2) is 4.39 Å². The van der Waals surface area contributed by atoms with Crippen LogP contribution in [0.1, 0.15) is 40.0 Å². The maximum atomic E-state index is 13.3. The number of aromatic nitrogens is 2. The number of alkyl halides is 3. The first-order valence-electron chi connectivity index (χ1n) is 7.22. The first-order valence-corrected chi connectivity index (χ1v) is 7.22. The number of aryl methyl sites for hydroxylation is 1. The summed E-state index contributed by atoms with van der Waals surface area (Å²) >= 11 is 0. The number of halogens is 4. The molecule has 1 fully saturated rings. The van der Waals surface area contributed by atoms with Crippen molar-refractivity contribution in [2.45, 2.75) is 25.4 Å². The molecule has 0 unspecified atom stereocenters. The van der Waals surface area contributed by atoms with Crippen molar-refractivity contribution >= 4 is 5.91 Å². The Balaban J connectivity index is 1.78. The van der Waals surface area contributed by atoms with Crippen molar-refractivity contribution in [2.75, 3.05) is 13.1 Å². The molecule has 128 valence electrons. The second-order valence-electron chi connectivity index (χ2n) is 5.61. The van der Waals surface area contributed by atoms with Crippen LogP contribution in [0.2, 0.25) is 0 Å². The van der Waals surface area contributed by atoms with Gasteiger partial charge in [0.05, 0.1) is 11.5 Å². The molecule has 0 spiro atoms. The number of rotatable bonds is 2. The highest BCUT2D eigenvalue weighted by molar-refractivity contribution is 5.94. The minimum absolute atomic E-state index is 0.155. The Morgan fingerprint density at radius 1 is 1.38 bits per heavy atom. The Bertz CT molecular complexity index is 772. The van der Waals surface area contributed by atoms with Gasteiger partial charge in [-0.2, -0.15) is 18.2 Å². The van der Waals surface area contributed by atoms with Crippen molar-refractivity contribution in [1.29, 1.82) is 0 Å². The topological polar surface area (TPSA) is 59.2 Å². The van der Waals surface area contributed by atoms with Gasteiger partial charge >= 0.3 is 6.18 Å². The summed E-state index contributed by atoms with van der Waals surface area (Å²) in [7, 11) is 0. The average Bonchev–Trinajstić information content (AvgIpc) is 3.14. The van der Waals surface area contributed by atoms with Crippen LogP contribution in [-0.2, 0) is 6.18 Å². The third kappa shape index (κ3) is 3.10. The van der Waals surface area contributed by atoms with E-state index in [1.165, 1.54) is 4.90 Å². The first kappa shape index (κ1) is 16.4. The molecule has 2 heterocycles. The van der Waals surface area contributed by atoms with E-state index in [1.807, 2.05) is 0 Å². The van der Waals surface area contributed by atoms with Gasteiger partial charge in [-0.1, -0.05) is 5.16 Å². The average molecular weight is 343 g/mol. The van der Waals surface area contributed by atoms with Gasteiger partial charge in [-0.05, 0) is 31.5 Å². The number of likely N-dealkylation sites (tertiary alicyclic amines) is 1. The number of benzene rings is 1. The van der Waals surface area contributed by atoms with E-state index in [9.17, 15) is 22.4 Å². The lowest BCUT2D eigenvalue weighted by molar-refractivity contribution is -0.140. The van der Waals surface area contributed by atoms with Crippen molar-refractivity contribution in [1.82, 2.24) is 15.0 Å². The zero-order valence-electron chi connectivity index (χ0n) is 12.6. The van der Waals surface area contributed by atoms with Crippen LogP contribution in [0.4, 0.5) is 17.6 Å². The Morgan fingerprint density at radius 3 is 2.75 bits per heavy atom. The maximum Gasteiger partial charge on any atom is 0.419 e. The van der Waals surface area contributed by atoms with Gasteiger partial charge in [0, 0.05) is 18.7 Å². The second-order valence-corrected chi connectivity index (χ2v) is 5.61. The van der Waals surface area contributed by atoms with Gasteiger partial charge in [0.2, 0.25) is 5.89 Å². The molecule has 0 N–H and O–H groups in total. The molecule has 24 heavy (non-hydrogen) atoms. The van der Waals surface area contributed by atoms with E-state index in [0.29, 0.717) is 36.8 Å². The fraction of sp³-hybridized carbons (Fsp3) is 0.400. The molecule has 1 amide bonds. The molecule has 9 heteroatoms. The van der Waals surface area contributed by atoms with E-state index in [1.54, 1.807) is 6.92 Å². The Kier molecular flexibility index (Phi) is 4.02. The molecule has 1 aromatic heterocycles. The highest BCUT2D eigenvalue weighted by Gasteiger charge is 2.36. The molecule has 3 rings (SSSR count). The lowest BCUT2D eigenvalue weighted by atomic mass is 10.1. The van der Waals surface area contributed by atoms with Crippen LogP contribution >= 0.6 is 0 Å². The maximum absolute atomic E-state index is 13.3. The van der Waals surface area contributed by atoms with E-state index >= 15 is 0 Å². The summed E-state index contributed by atoms with van der Waals surface area (Å²) in [4.78, 5) is 17.9. The van der Waals surface area contributed by atoms with E-state index in [4.69, 9.17) is 4.52 Å². The molecule has 1 aliphatic rings. The molecule has 1 aliphatic heterocycles. The fourth-order valence-corrected chi connectivity index (χ4v) is 2.68. The standard InChI is InChI=1S/C15H13F4N3O2/c1-8-20-13(24-21-8)10-4-5-22(7-10)14(23)9-2-3-12(16)11(6-9)15(17,18)19/h2-3,6,10H,4-5,7H2,1H3/t10-/m1/s1. The van der Waals surface area contributed by atoms with Crippen LogP contribution in [0.5, 0.6) is 0 Å². The molecule has 0 bridgehead atoms. The number of carbonyl (C=O) groups is 1. The third-order valence-electron chi connectivity index (χ3n) is 3.89. The minimum Gasteiger partial charge on any atom is -0.339 e. The van der Waals surface area contributed by atoms with E-state index in [-0.39, 0.29) is 18.0 Å². The summed E-state index contributed by atoms with van der Waals surface area (Å²) in [5, 5.41) is 3.68. The SMILES string of the molecule is Cc1noc([C@@H]2CCN(C(=O)c3ccc(F)c(C(F)(F)F)c3)C2)n1. The zero-order chi connectivity index (χ0) is 17.5. The largest absolute Gasteiger partial charge is 0.419 e. The minimum atomic E-state index is -4.85. The zero-order valence-corrected chi connectivity index (χ0v) is 12.6. The molecular weight excluding hydrogens is 330 g/mol. The Hall–Kier alpha value is -2.45. The van der Waals surface area contributed by atoms with Crippen molar-refractivity contribution in [2.24, 2.45) is 0 Å². The molecule has 2 aromatic rings. The van der Waals surface area contributed by atoms with Crippen molar-refractivity contribution < 1.29 is 26.9 Å². The van der Waals surface area contributed by atoms with Crippen LogP contribution in [-0.4, -0.2) is 34.0 Å². The lowest BCUT2D eigenvalue weighted by Crippen LogP contribution is -2.29. The van der Waals surface area contributed by atoms with Crippen LogP contribution in [0, 0.1) is 12.7 Å². The smallest absolute Gasteiger partial charge is 0.339 e. The number of hydrogen-bond acceptors (Lipinski definition) is 4. The van der Waals surface area contributed by atoms with Crippen molar-refractivity contribution in [3.8, 4) is 0 Å². The van der Waals surface area contributed by atoms with E-state index < -0.39 is 23.5 Å². The molecule has 1 atom stereocenters. The predicted molar refractivity (Wildman–Crippen MR) is 73.7 cm³/mol. The number of amides is 1. The van der Waals surface area contributed by atoms with Gasteiger partial charge in [0.1, 0.15) is 5.82 Å². The van der Waals surface area contributed by atoms with Gasteiger partial charge in [0.25, 0.3) is 5.91 Å². The van der Waals surface area contributed by atoms with Crippen molar-refractivity contribution in [3.05, 3.63) is 46.9 Å². The lowest BCUT2D eigenvalue weighted by Gasteiger charge is -2.17. The first-order chi connectivity index (χ1) is 11.3. The van der Waals surface area contributed by atoms with Crippen LogP contribution in [0.3, 0.4) is 0 Å². The summed E-state index contributed by atoms with van der Waals surface area (Å²) in [5.41, 5.74) is -1.65. The highest BCUT2D eigenvalue weighted by Crippen LogP contribution is 2.33. The summed E-state index contributed by atoms with van der Waals surface area (Å²) < 4.78 is 56.7. The number of nitrogens with zero attached hydrogens (tertiary/aromatic N) is 3. The summed E-state index contributed by atoms with van der Waals surface area (Å²) in [6, 6.07) is 2.25.